The van der Waals surface area contributed by atoms with Crippen LogP contribution in [-0.4, -0.2) is 15.9 Å². The summed E-state index contributed by atoms with van der Waals surface area (Å²) in [7, 11) is 0. The number of benzene rings is 2. The highest BCUT2D eigenvalue weighted by Crippen LogP contribution is 2.26. The number of carbonyl (C=O) groups excluding carboxylic acids is 1. The van der Waals surface area contributed by atoms with Gasteiger partial charge in [-0.15, -0.1) is 0 Å². The fraction of sp³-hybridized carbons (Fsp3) is 0.105. The van der Waals surface area contributed by atoms with Crippen molar-refractivity contribution in [2.45, 2.75) is 17.8 Å². The van der Waals surface area contributed by atoms with Crippen LogP contribution in [0.5, 0.6) is 0 Å². The lowest BCUT2D eigenvalue weighted by Crippen LogP contribution is -2.23. The number of carboxylic acid groups (broad SMARTS) is 1. The predicted octanol–water partition coefficient (Wildman–Crippen LogP) is 3.84. The van der Waals surface area contributed by atoms with Gasteiger partial charge in [-0.3, -0.25) is 0 Å². The number of rotatable bonds is 6. The van der Waals surface area contributed by atoms with E-state index in [2.05, 4.69) is 15.3 Å². The molecule has 0 saturated heterocycles. The quantitative estimate of drug-likeness (QED) is 0.514. The van der Waals surface area contributed by atoms with Crippen molar-refractivity contribution >= 4 is 40.8 Å². The summed E-state index contributed by atoms with van der Waals surface area (Å²) >= 11 is 7.64. The van der Waals surface area contributed by atoms with Crippen molar-refractivity contribution in [3.05, 3.63) is 76.4 Å². The van der Waals surface area contributed by atoms with Crippen molar-refractivity contribution in [3.63, 3.8) is 0 Å². The summed E-state index contributed by atoms with van der Waals surface area (Å²) in [5.41, 5.74) is 2.28. The van der Waals surface area contributed by atoms with Crippen molar-refractivity contribution in [3.8, 4) is 0 Å². The van der Waals surface area contributed by atoms with Crippen LogP contribution in [0.4, 0.5) is 11.5 Å². The van der Waals surface area contributed by atoms with Gasteiger partial charge in [-0.05, 0) is 24.6 Å². The molecule has 1 N–H and O–H groups in total. The van der Waals surface area contributed by atoms with E-state index in [9.17, 15) is 9.90 Å². The maximum Gasteiger partial charge on any atom is 0.190 e. The Bertz CT molecular complexity index is 950. The summed E-state index contributed by atoms with van der Waals surface area (Å²) in [6.45, 7) is 1.86. The SMILES string of the molecule is Cc1cc(Nc2ccccc2C(=O)[O-])nc(SCc2ccccc2Cl)n1. The number of aromatic carboxylic acids is 1. The van der Waals surface area contributed by atoms with Crippen LogP contribution in [0.3, 0.4) is 0 Å². The van der Waals surface area contributed by atoms with Gasteiger partial charge in [0, 0.05) is 33.8 Å². The zero-order chi connectivity index (χ0) is 18.5. The third-order valence-electron chi connectivity index (χ3n) is 3.56. The Morgan fingerprint density at radius 3 is 2.65 bits per heavy atom. The molecule has 2 aromatic carbocycles. The second-order valence-electron chi connectivity index (χ2n) is 5.52. The minimum atomic E-state index is -1.24. The third kappa shape index (κ3) is 4.53. The number of anilines is 2. The lowest BCUT2D eigenvalue weighted by Gasteiger charge is -2.13. The van der Waals surface area contributed by atoms with E-state index in [0.717, 1.165) is 11.3 Å². The fourth-order valence-corrected chi connectivity index (χ4v) is 3.53. The first kappa shape index (κ1) is 18.2. The van der Waals surface area contributed by atoms with Gasteiger partial charge < -0.3 is 15.2 Å². The second-order valence-corrected chi connectivity index (χ2v) is 6.86. The molecule has 0 aliphatic heterocycles. The monoisotopic (exact) mass is 384 g/mol. The Morgan fingerprint density at radius 1 is 1.15 bits per heavy atom. The van der Waals surface area contributed by atoms with Gasteiger partial charge in [0.15, 0.2) is 5.16 Å². The number of aryl methyl sites for hydroxylation is 1. The minimum absolute atomic E-state index is 0.0778. The van der Waals surface area contributed by atoms with Crippen LogP contribution in [0.2, 0.25) is 5.02 Å². The molecule has 0 amide bonds. The summed E-state index contributed by atoms with van der Waals surface area (Å²) in [6.07, 6.45) is 0. The van der Waals surface area contributed by atoms with Gasteiger partial charge in [-0.25, -0.2) is 9.97 Å². The molecule has 7 heteroatoms. The topological polar surface area (TPSA) is 77.9 Å². The molecule has 1 heterocycles. The van der Waals surface area contributed by atoms with Gasteiger partial charge >= 0.3 is 0 Å². The van der Waals surface area contributed by atoms with Crippen molar-refractivity contribution in [1.82, 2.24) is 9.97 Å². The standard InChI is InChI=1S/C19H16ClN3O2S/c1-12-10-17(22-16-9-5-3-7-14(16)18(24)25)23-19(21-12)26-11-13-6-2-4-8-15(13)20/h2-10H,11H2,1H3,(H,24,25)(H,21,22,23)/p-1. The molecular formula is C19H15ClN3O2S-. The molecule has 0 saturated carbocycles. The molecule has 26 heavy (non-hydrogen) atoms. The largest absolute Gasteiger partial charge is 0.545 e. The highest BCUT2D eigenvalue weighted by atomic mass is 35.5. The van der Waals surface area contributed by atoms with Crippen molar-refractivity contribution in [2.24, 2.45) is 0 Å². The zero-order valence-corrected chi connectivity index (χ0v) is 15.5. The minimum Gasteiger partial charge on any atom is -0.545 e. The number of carboxylic acids is 1. The molecule has 5 nitrogen and oxygen atoms in total. The average Bonchev–Trinajstić information content (AvgIpc) is 2.61. The van der Waals surface area contributed by atoms with Crippen LogP contribution < -0.4 is 10.4 Å². The maximum atomic E-state index is 11.2. The van der Waals surface area contributed by atoms with Crippen molar-refractivity contribution in [1.29, 1.82) is 0 Å². The number of aromatic nitrogens is 2. The van der Waals surface area contributed by atoms with E-state index in [1.165, 1.54) is 17.8 Å². The number of hydrogen-bond acceptors (Lipinski definition) is 6. The number of thioether (sulfide) groups is 1. The van der Waals surface area contributed by atoms with Gasteiger partial charge in [0.1, 0.15) is 5.82 Å². The van der Waals surface area contributed by atoms with E-state index in [0.29, 0.717) is 27.4 Å². The Kier molecular flexibility index (Phi) is 5.75. The predicted molar refractivity (Wildman–Crippen MR) is 102 cm³/mol. The normalized spacial score (nSPS) is 10.5. The van der Waals surface area contributed by atoms with Crippen molar-refractivity contribution in [2.75, 3.05) is 5.32 Å². The molecule has 3 aromatic rings. The first-order chi connectivity index (χ1) is 12.5. The van der Waals surface area contributed by atoms with Crippen LogP contribution in [0, 0.1) is 6.92 Å². The molecule has 3 rings (SSSR count). The molecule has 0 radical (unpaired) electrons. The Morgan fingerprint density at radius 2 is 1.88 bits per heavy atom. The Hall–Kier alpha value is -2.57. The van der Waals surface area contributed by atoms with E-state index in [1.54, 1.807) is 24.3 Å². The molecular weight excluding hydrogens is 370 g/mol. The van der Waals surface area contributed by atoms with Crippen LogP contribution in [0.25, 0.3) is 0 Å². The highest BCUT2D eigenvalue weighted by Gasteiger charge is 2.08. The number of hydrogen-bond donors (Lipinski definition) is 1. The van der Waals surface area contributed by atoms with Crippen LogP contribution >= 0.6 is 23.4 Å². The van der Waals surface area contributed by atoms with E-state index in [4.69, 9.17) is 11.6 Å². The van der Waals surface area contributed by atoms with E-state index in [1.807, 2.05) is 31.2 Å². The first-order valence-electron chi connectivity index (χ1n) is 7.82. The smallest absolute Gasteiger partial charge is 0.190 e. The number of carbonyl (C=O) groups is 1. The highest BCUT2D eigenvalue weighted by molar-refractivity contribution is 7.98. The number of nitrogens with zero attached hydrogens (tertiary/aromatic N) is 2. The summed E-state index contributed by atoms with van der Waals surface area (Å²) in [6, 6.07) is 15.9. The fourth-order valence-electron chi connectivity index (χ4n) is 2.34. The maximum absolute atomic E-state index is 11.2. The molecule has 1 aromatic heterocycles. The van der Waals surface area contributed by atoms with E-state index < -0.39 is 5.97 Å². The number of nitrogens with one attached hydrogen (secondary N) is 1. The summed E-state index contributed by atoms with van der Waals surface area (Å²) < 4.78 is 0. The summed E-state index contributed by atoms with van der Waals surface area (Å²) in [4.78, 5) is 20.1. The molecule has 0 aliphatic rings. The second kappa shape index (κ2) is 8.21. The first-order valence-corrected chi connectivity index (χ1v) is 9.18. The van der Waals surface area contributed by atoms with Crippen LogP contribution in [0.1, 0.15) is 21.6 Å². The molecule has 0 bridgehead atoms. The lowest BCUT2D eigenvalue weighted by molar-refractivity contribution is -0.254. The summed E-state index contributed by atoms with van der Waals surface area (Å²) in [5.74, 6) is -0.0851. The molecule has 0 aliphatic carbocycles. The van der Waals surface area contributed by atoms with Gasteiger partial charge in [0.25, 0.3) is 0 Å². The van der Waals surface area contributed by atoms with Gasteiger partial charge in [-0.2, -0.15) is 0 Å². The number of halogens is 1. The molecule has 0 spiro atoms. The third-order valence-corrected chi connectivity index (χ3v) is 4.82. The van der Waals surface area contributed by atoms with E-state index >= 15 is 0 Å². The van der Waals surface area contributed by atoms with Crippen molar-refractivity contribution < 1.29 is 9.90 Å². The number of para-hydroxylation sites is 1. The average molecular weight is 385 g/mol. The molecule has 0 fully saturated rings. The van der Waals surface area contributed by atoms with E-state index in [-0.39, 0.29) is 5.56 Å². The molecule has 132 valence electrons. The summed E-state index contributed by atoms with van der Waals surface area (Å²) in [5, 5.41) is 15.6. The molecule has 0 atom stereocenters. The molecule has 0 unspecified atom stereocenters. The van der Waals surface area contributed by atoms with Gasteiger partial charge in [-0.1, -0.05) is 59.8 Å². The zero-order valence-electron chi connectivity index (χ0n) is 13.9. The Labute approximate surface area is 160 Å². The van der Waals surface area contributed by atoms with Gasteiger partial charge in [0.05, 0.1) is 5.97 Å². The Balaban J connectivity index is 1.80. The van der Waals surface area contributed by atoms with Gasteiger partial charge in [0.2, 0.25) is 0 Å². The van der Waals surface area contributed by atoms with Crippen LogP contribution in [0.15, 0.2) is 59.8 Å². The van der Waals surface area contributed by atoms with Crippen LogP contribution in [-0.2, 0) is 5.75 Å². The lowest BCUT2D eigenvalue weighted by atomic mass is 10.2.